The summed E-state index contributed by atoms with van der Waals surface area (Å²) in [5.41, 5.74) is 1.39. The van der Waals surface area contributed by atoms with E-state index in [1.165, 1.54) is 10.5 Å². The van der Waals surface area contributed by atoms with Crippen molar-refractivity contribution < 1.29 is 0 Å². The Bertz CT molecular complexity index is 218. The summed E-state index contributed by atoms with van der Waals surface area (Å²) in [5, 5.41) is 0. The van der Waals surface area contributed by atoms with E-state index in [0.717, 1.165) is 0 Å². The molecule has 0 aliphatic rings. The minimum Gasteiger partial charge on any atom is -0.130 e. The van der Waals surface area contributed by atoms with Gasteiger partial charge >= 0.3 is 0 Å². The summed E-state index contributed by atoms with van der Waals surface area (Å²) in [6.07, 6.45) is 2.10. The first-order chi connectivity index (χ1) is 5.24. The molecule has 0 N–H and O–H groups in total. The lowest BCUT2D eigenvalue weighted by atomic mass is 10.2. The van der Waals surface area contributed by atoms with E-state index in [-0.39, 0.29) is 0 Å². The maximum Gasteiger partial charge on any atom is 0.0874 e. The number of benzene rings is 1. The molecular formula is C8H8I2S. The summed E-state index contributed by atoms with van der Waals surface area (Å²) in [4.78, 5) is 1.34. The molecule has 11 heavy (non-hydrogen) atoms. The molecule has 0 bridgehead atoms. The van der Waals surface area contributed by atoms with Crippen molar-refractivity contribution in [1.82, 2.24) is 0 Å². The van der Waals surface area contributed by atoms with E-state index in [0.29, 0.717) is 1.93 Å². The molecule has 0 heterocycles. The van der Waals surface area contributed by atoms with Gasteiger partial charge in [0.05, 0.1) is 1.93 Å². The fourth-order valence-electron chi connectivity index (χ4n) is 0.749. The van der Waals surface area contributed by atoms with Gasteiger partial charge in [-0.05, 0) is 24.0 Å². The number of halogens is 2. The zero-order valence-corrected chi connectivity index (χ0v) is 11.2. The van der Waals surface area contributed by atoms with Crippen LogP contribution in [0.5, 0.6) is 0 Å². The largest absolute Gasteiger partial charge is 0.130 e. The molecule has 1 aromatic rings. The third kappa shape index (κ3) is 3.10. The van der Waals surface area contributed by atoms with Crippen molar-refractivity contribution in [2.75, 3.05) is 6.26 Å². The molecule has 1 rings (SSSR count). The Kier molecular flexibility index (Phi) is 4.52. The molecule has 0 aromatic heterocycles. The van der Waals surface area contributed by atoms with Crippen molar-refractivity contribution in [3.05, 3.63) is 29.8 Å². The molecule has 0 nitrogen and oxygen atoms in total. The van der Waals surface area contributed by atoms with Crippen LogP contribution in [-0.4, -0.2) is 6.26 Å². The zero-order chi connectivity index (χ0) is 8.27. The van der Waals surface area contributed by atoms with Crippen LogP contribution in [0.3, 0.4) is 0 Å². The van der Waals surface area contributed by atoms with E-state index in [9.17, 15) is 0 Å². The quantitative estimate of drug-likeness (QED) is 0.413. The van der Waals surface area contributed by atoms with E-state index in [1.807, 2.05) is 0 Å². The van der Waals surface area contributed by atoms with Crippen LogP contribution in [0.15, 0.2) is 29.2 Å². The van der Waals surface area contributed by atoms with Crippen LogP contribution in [0, 0.1) is 0 Å². The van der Waals surface area contributed by atoms with Gasteiger partial charge in [0, 0.05) is 4.90 Å². The lowest BCUT2D eigenvalue weighted by Gasteiger charge is -2.01. The molecule has 0 aliphatic carbocycles. The first-order valence-electron chi connectivity index (χ1n) is 3.16. The van der Waals surface area contributed by atoms with Crippen LogP contribution in [0.1, 0.15) is 7.49 Å². The molecule has 0 radical (unpaired) electrons. The molecule has 0 atom stereocenters. The van der Waals surface area contributed by atoms with Gasteiger partial charge in [0.2, 0.25) is 0 Å². The summed E-state index contributed by atoms with van der Waals surface area (Å²) in [6.45, 7) is 0. The lowest BCUT2D eigenvalue weighted by molar-refractivity contribution is 1.37. The van der Waals surface area contributed by atoms with Gasteiger partial charge in [-0.3, -0.25) is 0 Å². The SMILES string of the molecule is CSc1ccc(C(I)I)cc1. The average molecular weight is 390 g/mol. The first kappa shape index (κ1) is 10.1. The molecule has 60 valence electrons. The second-order valence-electron chi connectivity index (χ2n) is 2.07. The molecule has 0 amide bonds. The highest BCUT2D eigenvalue weighted by Crippen LogP contribution is 2.31. The maximum atomic E-state index is 2.41. The van der Waals surface area contributed by atoms with Gasteiger partial charge in [0.15, 0.2) is 0 Å². The van der Waals surface area contributed by atoms with E-state index in [4.69, 9.17) is 0 Å². The van der Waals surface area contributed by atoms with E-state index in [1.54, 1.807) is 11.8 Å². The Morgan fingerprint density at radius 1 is 1.18 bits per heavy atom. The van der Waals surface area contributed by atoms with Crippen LogP contribution < -0.4 is 0 Å². The third-order valence-corrected chi connectivity index (χ3v) is 3.55. The fourth-order valence-corrected chi connectivity index (χ4v) is 1.99. The highest BCUT2D eigenvalue weighted by Gasteiger charge is 2.00. The molecule has 0 aliphatic heterocycles. The molecule has 0 unspecified atom stereocenters. The van der Waals surface area contributed by atoms with E-state index >= 15 is 0 Å². The van der Waals surface area contributed by atoms with Gasteiger partial charge in [0.25, 0.3) is 0 Å². The molecule has 0 fully saturated rings. The third-order valence-electron chi connectivity index (χ3n) is 1.37. The van der Waals surface area contributed by atoms with Gasteiger partial charge < -0.3 is 0 Å². The average Bonchev–Trinajstić information content (AvgIpc) is 2.05. The molecule has 0 saturated heterocycles. The Morgan fingerprint density at radius 2 is 1.73 bits per heavy atom. The standard InChI is InChI=1S/C8H8I2S/c1-11-7-4-2-6(3-5-7)8(9)10/h2-5,8H,1H3. The molecule has 0 spiro atoms. The Labute approximate surface area is 98.8 Å². The molecule has 1 aromatic carbocycles. The zero-order valence-electron chi connectivity index (χ0n) is 6.05. The summed E-state index contributed by atoms with van der Waals surface area (Å²) >= 11 is 6.61. The summed E-state index contributed by atoms with van der Waals surface area (Å²) in [7, 11) is 0. The molecular weight excluding hydrogens is 382 g/mol. The van der Waals surface area contributed by atoms with Crippen LogP contribution in [0.4, 0.5) is 0 Å². The number of rotatable bonds is 2. The summed E-state index contributed by atoms with van der Waals surface area (Å²) in [5.74, 6) is 0. The minimum atomic E-state index is 0.584. The first-order valence-corrected chi connectivity index (χ1v) is 6.87. The topological polar surface area (TPSA) is 0 Å². The van der Waals surface area contributed by atoms with Gasteiger partial charge in [-0.2, -0.15) is 0 Å². The smallest absolute Gasteiger partial charge is 0.0874 e. The summed E-state index contributed by atoms with van der Waals surface area (Å²) in [6, 6.07) is 8.72. The minimum absolute atomic E-state index is 0.584. The highest BCUT2D eigenvalue weighted by molar-refractivity contribution is 14.2. The number of hydrogen-bond acceptors (Lipinski definition) is 1. The Hall–Kier alpha value is 1.03. The van der Waals surface area contributed by atoms with Gasteiger partial charge in [0.1, 0.15) is 0 Å². The number of alkyl halides is 2. The van der Waals surface area contributed by atoms with E-state index < -0.39 is 0 Å². The molecule has 3 heteroatoms. The van der Waals surface area contributed by atoms with Gasteiger partial charge in [-0.1, -0.05) is 57.3 Å². The van der Waals surface area contributed by atoms with Crippen molar-refractivity contribution in [3.63, 3.8) is 0 Å². The second-order valence-corrected chi connectivity index (χ2v) is 7.83. The Balaban J connectivity index is 2.83. The highest BCUT2D eigenvalue weighted by atomic mass is 127. The predicted molar refractivity (Wildman–Crippen MR) is 69.0 cm³/mol. The van der Waals surface area contributed by atoms with Crippen molar-refractivity contribution in [2.24, 2.45) is 0 Å². The fraction of sp³-hybridized carbons (Fsp3) is 0.250. The van der Waals surface area contributed by atoms with Crippen LogP contribution >= 0.6 is 56.9 Å². The van der Waals surface area contributed by atoms with Crippen LogP contribution in [-0.2, 0) is 0 Å². The van der Waals surface area contributed by atoms with Crippen molar-refractivity contribution in [1.29, 1.82) is 0 Å². The molecule has 0 saturated carbocycles. The number of hydrogen-bond donors (Lipinski definition) is 0. The predicted octanol–water partition coefficient (Wildman–Crippen LogP) is 4.28. The normalized spacial score (nSPS) is 10.5. The van der Waals surface area contributed by atoms with Crippen molar-refractivity contribution >= 4 is 56.9 Å². The number of thioether (sulfide) groups is 1. The second kappa shape index (κ2) is 4.91. The Morgan fingerprint density at radius 3 is 2.09 bits per heavy atom. The van der Waals surface area contributed by atoms with Crippen molar-refractivity contribution in [3.8, 4) is 0 Å². The van der Waals surface area contributed by atoms with Gasteiger partial charge in [-0.25, -0.2) is 0 Å². The van der Waals surface area contributed by atoms with Crippen molar-refractivity contribution in [2.45, 2.75) is 6.83 Å². The van der Waals surface area contributed by atoms with Crippen LogP contribution in [0.2, 0.25) is 0 Å². The lowest BCUT2D eigenvalue weighted by Crippen LogP contribution is -1.78. The summed E-state index contributed by atoms with van der Waals surface area (Å²) < 4.78 is 0.584. The van der Waals surface area contributed by atoms with E-state index in [2.05, 4.69) is 75.7 Å². The monoisotopic (exact) mass is 390 g/mol. The maximum absolute atomic E-state index is 2.41. The van der Waals surface area contributed by atoms with Crippen LogP contribution in [0.25, 0.3) is 0 Å². The van der Waals surface area contributed by atoms with Gasteiger partial charge in [-0.15, -0.1) is 11.8 Å².